The molecule has 2 aliphatic heterocycles. The molecule has 1 aromatic carbocycles. The molecule has 0 spiro atoms. The molecule has 3 N–H and O–H groups in total. The van der Waals surface area contributed by atoms with Crippen molar-refractivity contribution in [3.63, 3.8) is 0 Å². The lowest BCUT2D eigenvalue weighted by molar-refractivity contribution is -0.140. The van der Waals surface area contributed by atoms with Gasteiger partial charge in [-0.1, -0.05) is 20.8 Å². The number of amides is 3. The van der Waals surface area contributed by atoms with Gasteiger partial charge in [0.25, 0.3) is 5.91 Å². The van der Waals surface area contributed by atoms with E-state index in [1.807, 2.05) is 32.6 Å². The Kier molecular flexibility index (Phi) is 11.1. The first-order chi connectivity index (χ1) is 20.8. The average molecular weight is 638 g/mol. The van der Waals surface area contributed by atoms with E-state index in [0.717, 1.165) is 11.2 Å². The van der Waals surface area contributed by atoms with E-state index in [2.05, 4.69) is 15.6 Å². The molecular weight excluding hydrogens is 596 g/mol. The second-order valence-corrected chi connectivity index (χ2v) is 13.0. The Hall–Kier alpha value is -3.36. The van der Waals surface area contributed by atoms with E-state index in [4.69, 9.17) is 9.47 Å². The molecule has 0 radical (unpaired) electrons. The van der Waals surface area contributed by atoms with Crippen molar-refractivity contribution < 1.29 is 37.7 Å². The van der Waals surface area contributed by atoms with Crippen molar-refractivity contribution in [3.05, 3.63) is 29.1 Å². The standard InChI is InChI=1S/C30H41F2N5O6S/c1-18-14-19(38)15-37(18)28(41)27(30(2,3)4)35-23(39)6-5-9-33-24(40)16-43-26-20(7-8-21(31)25(26)32)22-17-44-29(34-22)36-10-12-42-13-11-36/h7-8,17-19,27,38H,5-6,9-16H2,1-4H3,(H,33,40)(H,35,39)/t18-,19-,27-/m1/s1. The zero-order chi connectivity index (χ0) is 32.0. The largest absolute Gasteiger partial charge is 0.480 e. The number of ether oxygens (including phenoxy) is 2. The minimum Gasteiger partial charge on any atom is -0.480 e. The molecule has 2 aliphatic rings. The van der Waals surface area contributed by atoms with Crippen LogP contribution in [0.4, 0.5) is 13.9 Å². The van der Waals surface area contributed by atoms with Crippen molar-refractivity contribution in [3.8, 4) is 17.0 Å². The lowest BCUT2D eigenvalue weighted by Crippen LogP contribution is -2.55. The van der Waals surface area contributed by atoms with Crippen LogP contribution in [0.15, 0.2) is 17.5 Å². The molecule has 4 rings (SSSR count). The van der Waals surface area contributed by atoms with Crippen molar-refractivity contribution in [1.29, 1.82) is 0 Å². The fraction of sp³-hybridized carbons (Fsp3) is 0.600. The summed E-state index contributed by atoms with van der Waals surface area (Å²) in [5.41, 5.74) is 0.0725. The van der Waals surface area contributed by atoms with Crippen LogP contribution < -0.4 is 20.3 Å². The van der Waals surface area contributed by atoms with Gasteiger partial charge in [-0.2, -0.15) is 4.39 Å². The summed E-state index contributed by atoms with van der Waals surface area (Å²) >= 11 is 1.37. The number of β-amino-alcohol motifs (C(OH)–C–C–N with tert-alkyl or cyclic N) is 1. The van der Waals surface area contributed by atoms with Crippen LogP contribution in [0.1, 0.15) is 47.0 Å². The van der Waals surface area contributed by atoms with E-state index >= 15 is 0 Å². The number of morpholine rings is 1. The van der Waals surface area contributed by atoms with Gasteiger partial charge in [0.15, 0.2) is 23.3 Å². The molecule has 1 aromatic heterocycles. The number of anilines is 1. The molecule has 3 atom stereocenters. The molecule has 3 heterocycles. The Balaban J connectivity index is 1.27. The monoisotopic (exact) mass is 637 g/mol. The summed E-state index contributed by atoms with van der Waals surface area (Å²) in [6.07, 6.45) is 0.247. The summed E-state index contributed by atoms with van der Waals surface area (Å²) in [6.45, 7) is 9.75. The van der Waals surface area contributed by atoms with Gasteiger partial charge in [-0.15, -0.1) is 11.3 Å². The number of aliphatic hydroxyl groups excluding tert-OH is 1. The Labute approximate surface area is 259 Å². The minimum atomic E-state index is -1.21. The highest BCUT2D eigenvalue weighted by molar-refractivity contribution is 7.14. The van der Waals surface area contributed by atoms with Crippen molar-refractivity contribution >= 4 is 34.2 Å². The van der Waals surface area contributed by atoms with Crippen LogP contribution in [0, 0.1) is 17.0 Å². The van der Waals surface area contributed by atoms with Gasteiger partial charge < -0.3 is 35.0 Å². The predicted molar refractivity (Wildman–Crippen MR) is 161 cm³/mol. The summed E-state index contributed by atoms with van der Waals surface area (Å²) in [4.78, 5) is 46.6. The highest BCUT2D eigenvalue weighted by Gasteiger charge is 2.40. The summed E-state index contributed by atoms with van der Waals surface area (Å²) in [5.74, 6) is -3.88. The number of hydrogen-bond acceptors (Lipinski definition) is 9. The Morgan fingerprint density at radius 1 is 1.20 bits per heavy atom. The van der Waals surface area contributed by atoms with E-state index < -0.39 is 47.5 Å². The van der Waals surface area contributed by atoms with E-state index in [9.17, 15) is 28.3 Å². The van der Waals surface area contributed by atoms with Crippen molar-refractivity contribution in [2.75, 3.05) is 50.9 Å². The summed E-state index contributed by atoms with van der Waals surface area (Å²) in [7, 11) is 0. The SMILES string of the molecule is C[C@@H]1C[C@@H](O)CN1C(=O)[C@@H](NC(=O)CCCNC(=O)COc1c(-c2csc(N3CCOCC3)n2)ccc(F)c1F)C(C)(C)C. The highest BCUT2D eigenvalue weighted by Crippen LogP contribution is 2.36. The van der Waals surface area contributed by atoms with Crippen LogP contribution in [0.5, 0.6) is 5.75 Å². The molecule has 0 aliphatic carbocycles. The van der Waals surface area contributed by atoms with Crippen molar-refractivity contribution in [2.45, 2.75) is 65.1 Å². The summed E-state index contributed by atoms with van der Waals surface area (Å²) in [5, 5.41) is 17.8. The predicted octanol–water partition coefficient (Wildman–Crippen LogP) is 2.71. The maximum Gasteiger partial charge on any atom is 0.257 e. The van der Waals surface area contributed by atoms with Crippen LogP contribution in [-0.4, -0.2) is 96.9 Å². The van der Waals surface area contributed by atoms with Gasteiger partial charge in [0.2, 0.25) is 17.6 Å². The van der Waals surface area contributed by atoms with Crippen LogP contribution in [0.3, 0.4) is 0 Å². The number of aliphatic hydroxyl groups is 1. The molecule has 0 saturated carbocycles. The number of hydrogen-bond donors (Lipinski definition) is 3. The fourth-order valence-corrected chi connectivity index (χ4v) is 6.06. The molecule has 3 amide bonds. The number of halogens is 2. The minimum absolute atomic E-state index is 0.0527. The molecule has 0 unspecified atom stereocenters. The molecule has 14 heteroatoms. The maximum absolute atomic E-state index is 14.8. The zero-order valence-electron chi connectivity index (χ0n) is 25.5. The van der Waals surface area contributed by atoms with Gasteiger partial charge in [-0.3, -0.25) is 14.4 Å². The number of nitrogens with one attached hydrogen (secondary N) is 2. The third-order valence-corrected chi connectivity index (χ3v) is 8.51. The first kappa shape index (κ1) is 33.5. The average Bonchev–Trinajstić information content (AvgIpc) is 3.60. The number of aromatic nitrogens is 1. The van der Waals surface area contributed by atoms with Crippen LogP contribution in [0.25, 0.3) is 11.3 Å². The van der Waals surface area contributed by atoms with Crippen LogP contribution in [-0.2, 0) is 19.1 Å². The quantitative estimate of drug-likeness (QED) is 0.321. The number of carbonyl (C=O) groups is 3. The number of benzene rings is 1. The number of carbonyl (C=O) groups excluding carboxylic acids is 3. The number of nitrogens with zero attached hydrogens (tertiary/aromatic N) is 3. The normalized spacial score (nSPS) is 19.5. The first-order valence-electron chi connectivity index (χ1n) is 14.8. The number of thiazole rings is 1. The van der Waals surface area contributed by atoms with Crippen LogP contribution in [0.2, 0.25) is 0 Å². The molecule has 242 valence electrons. The molecule has 2 fully saturated rings. The third kappa shape index (κ3) is 8.42. The van der Waals surface area contributed by atoms with Gasteiger partial charge in [0.1, 0.15) is 6.04 Å². The van der Waals surface area contributed by atoms with E-state index in [1.54, 1.807) is 10.3 Å². The third-order valence-electron chi connectivity index (χ3n) is 7.60. The van der Waals surface area contributed by atoms with Crippen molar-refractivity contribution in [2.24, 2.45) is 5.41 Å². The van der Waals surface area contributed by atoms with Crippen molar-refractivity contribution in [1.82, 2.24) is 20.5 Å². The maximum atomic E-state index is 14.8. The van der Waals surface area contributed by atoms with E-state index in [-0.39, 0.29) is 49.4 Å². The number of likely N-dealkylation sites (tertiary alicyclic amines) is 1. The lowest BCUT2D eigenvalue weighted by Gasteiger charge is -2.35. The van der Waals surface area contributed by atoms with Crippen LogP contribution >= 0.6 is 11.3 Å². The molecule has 11 nitrogen and oxygen atoms in total. The Morgan fingerprint density at radius 3 is 2.59 bits per heavy atom. The number of rotatable bonds is 11. The fourth-order valence-electron chi connectivity index (χ4n) is 5.19. The van der Waals surface area contributed by atoms with Gasteiger partial charge >= 0.3 is 0 Å². The molecule has 44 heavy (non-hydrogen) atoms. The second-order valence-electron chi connectivity index (χ2n) is 12.2. The van der Waals surface area contributed by atoms with E-state index in [0.29, 0.717) is 38.4 Å². The topological polar surface area (TPSA) is 133 Å². The summed E-state index contributed by atoms with van der Waals surface area (Å²) < 4.78 is 39.7. The molecule has 2 saturated heterocycles. The summed E-state index contributed by atoms with van der Waals surface area (Å²) in [6, 6.07) is 1.46. The van der Waals surface area contributed by atoms with Gasteiger partial charge in [-0.05, 0) is 37.3 Å². The first-order valence-corrected chi connectivity index (χ1v) is 15.7. The highest BCUT2D eigenvalue weighted by atomic mass is 32.1. The van der Waals surface area contributed by atoms with Gasteiger partial charge in [-0.25, -0.2) is 9.37 Å². The Morgan fingerprint density at radius 2 is 1.93 bits per heavy atom. The van der Waals surface area contributed by atoms with Gasteiger partial charge in [0, 0.05) is 49.6 Å². The molecular formula is C30H41F2N5O6S. The smallest absolute Gasteiger partial charge is 0.257 e. The molecule has 2 aromatic rings. The Bertz CT molecular complexity index is 1330. The van der Waals surface area contributed by atoms with Gasteiger partial charge in [0.05, 0.1) is 25.0 Å². The van der Waals surface area contributed by atoms with E-state index in [1.165, 1.54) is 17.4 Å². The molecule has 0 bridgehead atoms. The lowest BCUT2D eigenvalue weighted by atomic mass is 9.85. The second kappa shape index (κ2) is 14.6. The zero-order valence-corrected chi connectivity index (χ0v) is 26.3.